The van der Waals surface area contributed by atoms with Crippen LogP contribution in [0.1, 0.15) is 0 Å². The number of hydrogen-bond donors (Lipinski definition) is 3. The Morgan fingerprint density at radius 1 is 1.20 bits per heavy atom. The van der Waals surface area contributed by atoms with Gasteiger partial charge in [-0.2, -0.15) is 0 Å². The highest BCUT2D eigenvalue weighted by atomic mass is 16.4. The van der Waals surface area contributed by atoms with Gasteiger partial charge < -0.3 is 15.4 Å². The van der Waals surface area contributed by atoms with Gasteiger partial charge in [-0.1, -0.05) is 6.07 Å². The predicted octanol–water partition coefficient (Wildman–Crippen LogP) is 0.249. The van der Waals surface area contributed by atoms with E-state index in [-0.39, 0.29) is 7.69 Å². The van der Waals surface area contributed by atoms with Crippen LogP contribution in [0, 0.1) is 0 Å². The topological polar surface area (TPSA) is 52.5 Å². The minimum absolute atomic E-state index is 0. The first-order valence-corrected chi connectivity index (χ1v) is 2.84. The number of fused-ring (bicyclic) bond motifs is 2. The maximum absolute atomic E-state index is 7.00. The summed E-state index contributed by atoms with van der Waals surface area (Å²) in [5.41, 5.74) is 2.47. The molecule has 0 saturated heterocycles. The van der Waals surface area contributed by atoms with Crippen molar-refractivity contribution >= 4 is 19.1 Å². The van der Waals surface area contributed by atoms with Gasteiger partial charge in [-0.05, 0) is 18.2 Å². The van der Waals surface area contributed by atoms with Crippen molar-refractivity contribution in [3.05, 3.63) is 24.3 Å². The molecular formula is C6H7BNO2. The van der Waals surface area contributed by atoms with Crippen LogP contribution in [0.2, 0.25) is 0 Å². The SMILES string of the molecule is O[B]O.c1cc2cc(c1)N2. The molecule has 1 aromatic carbocycles. The summed E-state index contributed by atoms with van der Waals surface area (Å²) in [5.74, 6) is 0. The number of rotatable bonds is 0. The number of hydrogen-bond acceptors (Lipinski definition) is 3. The van der Waals surface area contributed by atoms with Gasteiger partial charge in [0.15, 0.2) is 0 Å². The molecule has 0 fully saturated rings. The molecule has 4 heteroatoms. The molecule has 1 aromatic rings. The Bertz CT molecular complexity index is 192. The summed E-state index contributed by atoms with van der Waals surface area (Å²) < 4.78 is 0. The lowest BCUT2D eigenvalue weighted by Gasteiger charge is -2.15. The van der Waals surface area contributed by atoms with Crippen LogP contribution in [-0.4, -0.2) is 17.7 Å². The lowest BCUT2D eigenvalue weighted by atomic mass is 10.2. The molecule has 0 unspecified atom stereocenters. The van der Waals surface area contributed by atoms with Crippen LogP contribution in [0.3, 0.4) is 0 Å². The van der Waals surface area contributed by atoms with Gasteiger partial charge in [0, 0.05) is 11.4 Å². The largest absolute Gasteiger partial charge is 0.482 e. The predicted molar refractivity (Wildman–Crippen MR) is 39.9 cm³/mol. The molecule has 0 aromatic heterocycles. The van der Waals surface area contributed by atoms with Gasteiger partial charge in [0.25, 0.3) is 0 Å². The zero-order valence-corrected chi connectivity index (χ0v) is 5.28. The standard InChI is InChI=1S/C6H5N.BH2O2/c1-2-5-4-6(3-1)7-5;2-1-3/h1-4,7H;2-3H. The highest BCUT2D eigenvalue weighted by Crippen LogP contribution is 2.27. The highest BCUT2D eigenvalue weighted by Gasteiger charge is 2.02. The first-order chi connectivity index (χ1) is 4.86. The van der Waals surface area contributed by atoms with E-state index in [1.54, 1.807) is 0 Å². The zero-order valence-electron chi connectivity index (χ0n) is 5.28. The second-order valence-corrected chi connectivity index (χ2v) is 1.82. The Balaban J connectivity index is 0.000000148. The summed E-state index contributed by atoms with van der Waals surface area (Å²) in [5, 5.41) is 17.1. The fourth-order valence-electron chi connectivity index (χ4n) is 0.764. The molecule has 2 bridgehead atoms. The normalized spacial score (nSPS) is 9.80. The van der Waals surface area contributed by atoms with Crippen LogP contribution in [-0.2, 0) is 0 Å². The van der Waals surface area contributed by atoms with Crippen LogP contribution in [0.25, 0.3) is 0 Å². The summed E-state index contributed by atoms with van der Waals surface area (Å²) in [6.45, 7) is 0. The van der Waals surface area contributed by atoms with Gasteiger partial charge in [-0.3, -0.25) is 0 Å². The summed E-state index contributed by atoms with van der Waals surface area (Å²) in [4.78, 5) is 0. The van der Waals surface area contributed by atoms with Crippen LogP contribution < -0.4 is 5.32 Å². The second-order valence-electron chi connectivity index (χ2n) is 1.82. The summed E-state index contributed by atoms with van der Waals surface area (Å²) in [6, 6.07) is 8.25. The average molecular weight is 136 g/mol. The third-order valence-electron chi connectivity index (χ3n) is 1.15. The summed E-state index contributed by atoms with van der Waals surface area (Å²) >= 11 is 0. The van der Waals surface area contributed by atoms with Gasteiger partial charge in [0.2, 0.25) is 0 Å². The van der Waals surface area contributed by atoms with E-state index in [4.69, 9.17) is 10.0 Å². The lowest BCUT2D eigenvalue weighted by molar-refractivity contribution is 0.448. The number of anilines is 2. The molecule has 0 saturated carbocycles. The molecular weight excluding hydrogens is 129 g/mol. The maximum atomic E-state index is 7.00. The highest BCUT2D eigenvalue weighted by molar-refractivity contribution is 6.13. The first-order valence-electron chi connectivity index (χ1n) is 2.84. The van der Waals surface area contributed by atoms with Crippen LogP contribution in [0.15, 0.2) is 24.3 Å². The molecule has 10 heavy (non-hydrogen) atoms. The van der Waals surface area contributed by atoms with E-state index in [0.29, 0.717) is 0 Å². The van der Waals surface area contributed by atoms with Crippen molar-refractivity contribution in [1.82, 2.24) is 0 Å². The van der Waals surface area contributed by atoms with Crippen molar-refractivity contribution in [3.8, 4) is 0 Å². The Hall–Kier alpha value is -0.995. The third kappa shape index (κ3) is 1.49. The summed E-state index contributed by atoms with van der Waals surface area (Å²) in [6.07, 6.45) is 0. The summed E-state index contributed by atoms with van der Waals surface area (Å²) in [7, 11) is 0. The average Bonchev–Trinajstić information content (AvgIpc) is 1.90. The zero-order chi connectivity index (χ0) is 7.40. The number of nitrogens with one attached hydrogen (secondary N) is 1. The molecule has 2 heterocycles. The molecule has 0 amide bonds. The Labute approximate surface area is 59.6 Å². The van der Waals surface area contributed by atoms with Crippen molar-refractivity contribution in [3.63, 3.8) is 0 Å². The Morgan fingerprint density at radius 2 is 1.60 bits per heavy atom. The molecule has 0 atom stereocenters. The lowest BCUT2D eigenvalue weighted by Crippen LogP contribution is -1.98. The van der Waals surface area contributed by atoms with Crippen molar-refractivity contribution in [2.24, 2.45) is 0 Å². The van der Waals surface area contributed by atoms with Gasteiger partial charge in [-0.25, -0.2) is 0 Å². The van der Waals surface area contributed by atoms with Crippen LogP contribution in [0.5, 0.6) is 0 Å². The van der Waals surface area contributed by atoms with E-state index in [2.05, 4.69) is 11.4 Å². The van der Waals surface area contributed by atoms with Crippen molar-refractivity contribution < 1.29 is 10.0 Å². The van der Waals surface area contributed by atoms with Crippen molar-refractivity contribution in [1.29, 1.82) is 0 Å². The molecule has 2 aliphatic heterocycles. The minimum Gasteiger partial charge on any atom is -0.429 e. The van der Waals surface area contributed by atoms with E-state index in [0.717, 1.165) is 0 Å². The van der Waals surface area contributed by atoms with Crippen molar-refractivity contribution in [2.45, 2.75) is 0 Å². The smallest absolute Gasteiger partial charge is 0.429 e. The van der Waals surface area contributed by atoms with E-state index in [9.17, 15) is 0 Å². The Morgan fingerprint density at radius 3 is 1.70 bits per heavy atom. The molecule has 3 nitrogen and oxygen atoms in total. The van der Waals surface area contributed by atoms with Crippen molar-refractivity contribution in [2.75, 3.05) is 5.32 Å². The molecule has 3 N–H and O–H groups in total. The maximum Gasteiger partial charge on any atom is 0.482 e. The van der Waals surface area contributed by atoms with Crippen LogP contribution >= 0.6 is 0 Å². The molecule has 0 aliphatic carbocycles. The van der Waals surface area contributed by atoms with Gasteiger partial charge in [-0.15, -0.1) is 0 Å². The quantitative estimate of drug-likeness (QED) is 0.455. The first kappa shape index (κ1) is 7.12. The fraction of sp³-hybridized carbons (Fsp3) is 0. The number of benzene rings is 1. The third-order valence-corrected chi connectivity index (χ3v) is 1.15. The van der Waals surface area contributed by atoms with Gasteiger partial charge in [0.1, 0.15) is 0 Å². The second kappa shape index (κ2) is 3.24. The monoisotopic (exact) mass is 136 g/mol. The van der Waals surface area contributed by atoms with E-state index < -0.39 is 0 Å². The molecule has 1 radical (unpaired) electrons. The minimum atomic E-state index is 0. The molecule has 2 aliphatic rings. The van der Waals surface area contributed by atoms with Gasteiger partial charge in [0.05, 0.1) is 0 Å². The van der Waals surface area contributed by atoms with Gasteiger partial charge >= 0.3 is 7.69 Å². The Kier molecular flexibility index (Phi) is 2.31. The van der Waals surface area contributed by atoms with E-state index in [1.165, 1.54) is 11.4 Å². The van der Waals surface area contributed by atoms with E-state index in [1.807, 2.05) is 18.2 Å². The molecule has 51 valence electrons. The molecule has 3 rings (SSSR count). The van der Waals surface area contributed by atoms with Crippen LogP contribution in [0.4, 0.5) is 11.4 Å². The fourth-order valence-corrected chi connectivity index (χ4v) is 0.764. The molecule has 0 spiro atoms. The van der Waals surface area contributed by atoms with E-state index >= 15 is 0 Å².